The van der Waals surface area contributed by atoms with Crippen molar-refractivity contribution >= 4 is 34.2 Å². The van der Waals surface area contributed by atoms with Crippen molar-refractivity contribution in [2.75, 3.05) is 0 Å². The van der Waals surface area contributed by atoms with Crippen LogP contribution in [0, 0.1) is 14.9 Å². The van der Waals surface area contributed by atoms with E-state index in [0.717, 1.165) is 8.14 Å². The molecule has 2 aromatic rings. The molecule has 1 heterocycles. The van der Waals surface area contributed by atoms with E-state index < -0.39 is 11.2 Å². The van der Waals surface area contributed by atoms with Gasteiger partial charge in [-0.15, -0.1) is 0 Å². The van der Waals surface area contributed by atoms with E-state index in [-0.39, 0.29) is 5.56 Å². The lowest BCUT2D eigenvalue weighted by atomic mass is 10.3. The summed E-state index contributed by atoms with van der Waals surface area (Å²) in [4.78, 5) is 25.1. The predicted molar refractivity (Wildman–Crippen MR) is 75.1 cm³/mol. The Morgan fingerprint density at radius 2 is 2.11 bits per heavy atom. The third-order valence-corrected chi connectivity index (χ3v) is 3.22. The maximum absolute atomic E-state index is 11.7. The fourth-order valence-electron chi connectivity index (χ4n) is 1.40. The van der Waals surface area contributed by atoms with E-state index in [9.17, 15) is 9.59 Å². The van der Waals surface area contributed by atoms with Crippen LogP contribution in [-0.4, -0.2) is 9.55 Å². The minimum atomic E-state index is -0.708. The molecule has 0 amide bonds. The van der Waals surface area contributed by atoms with Crippen LogP contribution in [0.3, 0.4) is 0 Å². The van der Waals surface area contributed by atoms with Crippen molar-refractivity contribution in [3.8, 4) is 11.8 Å². The highest BCUT2D eigenvalue weighted by molar-refractivity contribution is 14.1. The lowest BCUT2D eigenvalue weighted by molar-refractivity contribution is 0.889. The van der Waals surface area contributed by atoms with Gasteiger partial charge in [-0.25, -0.2) is 4.79 Å². The summed E-state index contributed by atoms with van der Waals surface area (Å²) < 4.78 is 2.02. The van der Waals surface area contributed by atoms with Gasteiger partial charge in [-0.2, -0.15) is 5.26 Å². The van der Waals surface area contributed by atoms with Crippen LogP contribution in [0.25, 0.3) is 5.69 Å². The van der Waals surface area contributed by atoms with Gasteiger partial charge in [0, 0.05) is 9.77 Å². The van der Waals surface area contributed by atoms with Gasteiger partial charge in [-0.3, -0.25) is 14.3 Å². The average molecular weight is 374 g/mol. The molecule has 0 unspecified atom stereocenters. The average Bonchev–Trinajstić information content (AvgIpc) is 2.33. The van der Waals surface area contributed by atoms with E-state index in [2.05, 4.69) is 27.6 Å². The largest absolute Gasteiger partial charge is 0.333 e. The van der Waals surface area contributed by atoms with Crippen LogP contribution in [0.5, 0.6) is 0 Å². The Labute approximate surface area is 120 Å². The molecular weight excluding hydrogens is 368 g/mol. The highest BCUT2D eigenvalue weighted by Gasteiger charge is 2.09. The Hall–Kier alpha value is -1.59. The summed E-state index contributed by atoms with van der Waals surface area (Å²) in [5.74, 6) is 0. The number of hydrogen-bond donors (Lipinski definition) is 1. The first kappa shape index (κ1) is 12.9. The predicted octanol–water partition coefficient (Wildman–Crippen LogP) is 1.66. The van der Waals surface area contributed by atoms with E-state index in [4.69, 9.17) is 16.9 Å². The molecule has 7 heteroatoms. The number of rotatable bonds is 1. The molecule has 2 rings (SSSR count). The zero-order valence-electron chi connectivity index (χ0n) is 8.78. The fraction of sp³-hybridized carbons (Fsp3) is 0. The number of aromatic amines is 1. The van der Waals surface area contributed by atoms with Crippen LogP contribution in [0.1, 0.15) is 5.56 Å². The summed E-state index contributed by atoms with van der Waals surface area (Å²) in [5, 5.41) is 9.14. The number of nitrogens with one attached hydrogen (secondary N) is 1. The highest BCUT2D eigenvalue weighted by atomic mass is 127. The van der Waals surface area contributed by atoms with Gasteiger partial charge >= 0.3 is 5.69 Å². The maximum Gasteiger partial charge on any atom is 0.333 e. The van der Waals surface area contributed by atoms with Gasteiger partial charge in [0.2, 0.25) is 0 Å². The number of benzene rings is 1. The van der Waals surface area contributed by atoms with Crippen LogP contribution in [0.15, 0.2) is 34.0 Å². The zero-order valence-corrected chi connectivity index (χ0v) is 11.7. The van der Waals surface area contributed by atoms with Crippen LogP contribution in [-0.2, 0) is 0 Å². The van der Waals surface area contributed by atoms with Gasteiger partial charge in [0.15, 0.2) is 0 Å². The molecule has 1 aromatic heterocycles. The van der Waals surface area contributed by atoms with Crippen molar-refractivity contribution in [3.63, 3.8) is 0 Å². The van der Waals surface area contributed by atoms with Crippen molar-refractivity contribution in [2.45, 2.75) is 0 Å². The van der Waals surface area contributed by atoms with E-state index in [1.807, 2.05) is 0 Å². The molecule has 1 N–H and O–H groups in total. The van der Waals surface area contributed by atoms with Crippen molar-refractivity contribution in [2.24, 2.45) is 0 Å². The lowest BCUT2D eigenvalue weighted by Crippen LogP contribution is -2.30. The van der Waals surface area contributed by atoms with Gasteiger partial charge in [0.25, 0.3) is 5.56 Å². The normalized spacial score (nSPS) is 10.1. The second-order valence-corrected chi connectivity index (χ2v) is 5.03. The lowest BCUT2D eigenvalue weighted by Gasteiger charge is -2.07. The Morgan fingerprint density at radius 3 is 2.78 bits per heavy atom. The summed E-state index contributed by atoms with van der Waals surface area (Å²) in [6.07, 6.45) is 1.18. The first-order valence-electron chi connectivity index (χ1n) is 4.74. The monoisotopic (exact) mass is 373 g/mol. The molecule has 0 saturated heterocycles. The molecule has 18 heavy (non-hydrogen) atoms. The molecule has 0 spiro atoms. The Bertz CT molecular complexity index is 773. The Morgan fingerprint density at radius 1 is 1.39 bits per heavy atom. The van der Waals surface area contributed by atoms with E-state index in [1.54, 1.807) is 24.3 Å². The summed E-state index contributed by atoms with van der Waals surface area (Å²) in [6, 6.07) is 6.83. The third kappa shape index (κ3) is 2.32. The fourth-order valence-corrected chi connectivity index (χ4v) is 2.08. The van der Waals surface area contributed by atoms with Crippen LogP contribution < -0.4 is 11.2 Å². The topological polar surface area (TPSA) is 78.7 Å². The molecule has 0 fully saturated rings. The van der Waals surface area contributed by atoms with Crippen molar-refractivity contribution < 1.29 is 0 Å². The zero-order chi connectivity index (χ0) is 13.3. The number of nitriles is 1. The second kappa shape index (κ2) is 4.96. The molecule has 0 aliphatic carbocycles. The van der Waals surface area contributed by atoms with E-state index in [0.29, 0.717) is 10.7 Å². The summed E-state index contributed by atoms with van der Waals surface area (Å²) in [7, 11) is 0. The van der Waals surface area contributed by atoms with E-state index >= 15 is 0 Å². The number of halogens is 2. The van der Waals surface area contributed by atoms with Crippen LogP contribution in [0.2, 0.25) is 5.02 Å². The number of nitrogens with zero attached hydrogens (tertiary/aromatic N) is 2. The van der Waals surface area contributed by atoms with Gasteiger partial charge < -0.3 is 0 Å². The third-order valence-electron chi connectivity index (χ3n) is 2.23. The van der Waals surface area contributed by atoms with Gasteiger partial charge in [0.1, 0.15) is 11.6 Å². The highest BCUT2D eigenvalue weighted by Crippen LogP contribution is 2.21. The molecule has 0 saturated carbocycles. The smallest absolute Gasteiger partial charge is 0.273 e. The second-order valence-electron chi connectivity index (χ2n) is 3.38. The first-order chi connectivity index (χ1) is 8.52. The molecule has 0 radical (unpaired) electrons. The summed E-state index contributed by atoms with van der Waals surface area (Å²) >= 11 is 8.07. The van der Waals surface area contributed by atoms with E-state index in [1.165, 1.54) is 6.20 Å². The molecule has 90 valence electrons. The minimum absolute atomic E-state index is 0.149. The van der Waals surface area contributed by atoms with Crippen molar-refractivity contribution in [1.29, 1.82) is 5.26 Å². The quantitative estimate of drug-likeness (QED) is 0.772. The summed E-state index contributed by atoms with van der Waals surface area (Å²) in [6.45, 7) is 0. The number of aromatic nitrogens is 2. The SMILES string of the molecule is N#Cc1cn(-c2cc(I)ccc2Cl)c(=O)[nH]c1=O. The van der Waals surface area contributed by atoms with Crippen LogP contribution in [0.4, 0.5) is 0 Å². The number of H-pyrrole nitrogens is 1. The Balaban J connectivity index is 2.80. The summed E-state index contributed by atoms with van der Waals surface area (Å²) in [5.41, 5.74) is -1.07. The minimum Gasteiger partial charge on any atom is -0.273 e. The van der Waals surface area contributed by atoms with Crippen molar-refractivity contribution in [1.82, 2.24) is 9.55 Å². The molecule has 1 aromatic carbocycles. The van der Waals surface area contributed by atoms with Gasteiger partial charge in [-0.1, -0.05) is 11.6 Å². The standard InChI is InChI=1S/C11H5ClIN3O2/c12-8-2-1-7(13)3-9(8)16-5-6(4-14)10(17)15-11(16)18/h1-3,5H,(H,15,17,18). The number of hydrogen-bond acceptors (Lipinski definition) is 3. The molecule has 0 aliphatic rings. The maximum atomic E-state index is 11.7. The van der Waals surface area contributed by atoms with Crippen LogP contribution >= 0.6 is 34.2 Å². The molecule has 5 nitrogen and oxygen atoms in total. The van der Waals surface area contributed by atoms with Gasteiger partial charge in [-0.05, 0) is 40.8 Å². The molecule has 0 bridgehead atoms. The van der Waals surface area contributed by atoms with Crippen molar-refractivity contribution in [3.05, 3.63) is 59.4 Å². The van der Waals surface area contributed by atoms with Gasteiger partial charge in [0.05, 0.1) is 10.7 Å². The molecule has 0 aliphatic heterocycles. The Kier molecular flexibility index (Phi) is 3.54. The first-order valence-corrected chi connectivity index (χ1v) is 6.20. The molecular formula is C11H5ClIN3O2. The molecule has 0 atom stereocenters.